The van der Waals surface area contributed by atoms with Crippen LogP contribution >= 0.6 is 0 Å². The van der Waals surface area contributed by atoms with Crippen molar-refractivity contribution in [3.63, 3.8) is 0 Å². The average molecular weight is 561 g/mol. The number of ether oxygens (including phenoxy) is 2. The molecular weight excluding hydrogens is 532 g/mol. The predicted octanol–water partition coefficient (Wildman–Crippen LogP) is 1.64. The first-order valence-corrected chi connectivity index (χ1v) is 13.8. The Hall–Kier alpha value is -3.60. The van der Waals surface area contributed by atoms with Gasteiger partial charge in [0.1, 0.15) is 23.3 Å². The van der Waals surface area contributed by atoms with Crippen molar-refractivity contribution >= 4 is 43.7 Å². The van der Waals surface area contributed by atoms with Gasteiger partial charge in [0.2, 0.25) is 0 Å². The van der Waals surface area contributed by atoms with Crippen molar-refractivity contribution in [3.05, 3.63) is 48.5 Å². The SMILES string of the molecule is COS(=O)(=O)CNC(=O)Nc1ccc(OCCCOc2ccc(NC(=O)NCS(=O)(=O)OC)cc2)cc1. The van der Waals surface area contributed by atoms with Crippen LogP contribution in [0.3, 0.4) is 0 Å². The highest BCUT2D eigenvalue weighted by atomic mass is 32.2. The Balaban J connectivity index is 1.65. The van der Waals surface area contributed by atoms with E-state index in [1.165, 1.54) is 0 Å². The third-order valence-corrected chi connectivity index (χ3v) is 6.39. The van der Waals surface area contributed by atoms with Crippen molar-refractivity contribution in [3.8, 4) is 11.5 Å². The zero-order valence-corrected chi connectivity index (χ0v) is 21.7. The predicted molar refractivity (Wildman–Crippen MR) is 134 cm³/mol. The molecule has 0 saturated carbocycles. The molecule has 0 aliphatic rings. The fourth-order valence-corrected chi connectivity index (χ4v) is 3.34. The van der Waals surface area contributed by atoms with E-state index in [1.54, 1.807) is 48.5 Å². The molecule has 0 radical (unpaired) electrons. The highest BCUT2D eigenvalue weighted by molar-refractivity contribution is 7.86. The minimum Gasteiger partial charge on any atom is -0.493 e. The van der Waals surface area contributed by atoms with E-state index in [9.17, 15) is 26.4 Å². The van der Waals surface area contributed by atoms with Gasteiger partial charge in [0.15, 0.2) is 0 Å². The van der Waals surface area contributed by atoms with Gasteiger partial charge in [-0.2, -0.15) is 16.8 Å². The van der Waals surface area contributed by atoms with Gasteiger partial charge in [-0.15, -0.1) is 0 Å². The number of rotatable bonds is 14. The molecule has 14 nitrogen and oxygen atoms in total. The zero-order valence-electron chi connectivity index (χ0n) is 20.1. The number of hydrogen-bond donors (Lipinski definition) is 4. The topological polar surface area (TPSA) is 187 Å². The third kappa shape index (κ3) is 11.8. The maximum absolute atomic E-state index is 11.7. The molecule has 0 aromatic heterocycles. The van der Waals surface area contributed by atoms with E-state index < -0.39 is 44.1 Å². The van der Waals surface area contributed by atoms with Crippen LogP contribution in [0.5, 0.6) is 11.5 Å². The molecule has 2 rings (SSSR count). The van der Waals surface area contributed by atoms with Crippen molar-refractivity contribution in [2.75, 3.05) is 49.8 Å². The Morgan fingerprint density at radius 1 is 0.649 bits per heavy atom. The third-order valence-electron chi connectivity index (χ3n) is 4.38. The average Bonchev–Trinajstić information content (AvgIpc) is 2.88. The van der Waals surface area contributed by atoms with Gasteiger partial charge >= 0.3 is 12.1 Å². The molecule has 0 atom stereocenters. The van der Waals surface area contributed by atoms with Crippen molar-refractivity contribution in [2.45, 2.75) is 6.42 Å². The van der Waals surface area contributed by atoms with Crippen molar-refractivity contribution in [1.82, 2.24) is 10.6 Å². The Kier molecular flexibility index (Phi) is 11.4. The first kappa shape index (κ1) is 29.6. The number of carbonyl (C=O) groups excluding carboxylic acids is 2. The number of hydrogen-bond acceptors (Lipinski definition) is 10. The summed E-state index contributed by atoms with van der Waals surface area (Å²) in [4.78, 5) is 23.4. The van der Waals surface area contributed by atoms with E-state index in [1.807, 2.05) is 0 Å². The number of urea groups is 2. The molecule has 0 bridgehead atoms. The lowest BCUT2D eigenvalue weighted by Gasteiger charge is -2.11. The van der Waals surface area contributed by atoms with E-state index in [2.05, 4.69) is 29.6 Å². The number of carbonyl (C=O) groups is 2. The summed E-state index contributed by atoms with van der Waals surface area (Å²) in [5.74, 6) is -0.166. The lowest BCUT2D eigenvalue weighted by molar-refractivity contribution is 0.247. The summed E-state index contributed by atoms with van der Waals surface area (Å²) in [7, 11) is -5.59. The van der Waals surface area contributed by atoms with E-state index in [-0.39, 0.29) is 0 Å². The number of benzene rings is 2. The summed E-state index contributed by atoms with van der Waals surface area (Å²) in [6.07, 6.45) is 0.576. The van der Waals surface area contributed by atoms with Gasteiger partial charge in [-0.1, -0.05) is 0 Å². The summed E-state index contributed by atoms with van der Waals surface area (Å²) < 4.78 is 64.5. The second kappa shape index (κ2) is 14.2. The maximum atomic E-state index is 11.7. The molecule has 4 N–H and O–H groups in total. The summed E-state index contributed by atoms with van der Waals surface area (Å²) in [6.45, 7) is 0.735. The molecule has 0 spiro atoms. The van der Waals surface area contributed by atoms with Crippen LogP contribution in [0.2, 0.25) is 0 Å². The quantitative estimate of drug-likeness (QED) is 0.195. The van der Waals surface area contributed by atoms with Crippen molar-refractivity contribution in [2.24, 2.45) is 0 Å². The zero-order chi connectivity index (χ0) is 27.3. The number of nitrogens with one attached hydrogen (secondary N) is 4. The standard InChI is InChI=1S/C21H28N4O10S2/c1-32-36(28,29)14-22-20(26)24-16-4-8-18(9-5-16)34-12-3-13-35-19-10-6-17(7-11-19)25-21(27)23-15-37(30,31)33-2/h4-11H,3,12-15H2,1-2H3,(H2,22,24,26)(H2,23,25,27). The lowest BCUT2D eigenvalue weighted by Crippen LogP contribution is -2.33. The minimum atomic E-state index is -3.80. The van der Waals surface area contributed by atoms with Crippen LogP contribution in [0.15, 0.2) is 48.5 Å². The van der Waals surface area contributed by atoms with Gasteiger partial charge in [-0.25, -0.2) is 9.59 Å². The van der Waals surface area contributed by atoms with Crippen LogP contribution in [0.25, 0.3) is 0 Å². The molecule has 0 heterocycles. The number of anilines is 2. The van der Waals surface area contributed by atoms with Gasteiger partial charge in [0, 0.05) is 17.8 Å². The molecule has 2 aromatic carbocycles. The van der Waals surface area contributed by atoms with Crippen LogP contribution in [0, 0.1) is 0 Å². The molecule has 0 fully saturated rings. The molecular formula is C21H28N4O10S2. The van der Waals surface area contributed by atoms with Gasteiger partial charge < -0.3 is 30.7 Å². The van der Waals surface area contributed by atoms with E-state index in [0.717, 1.165) is 14.2 Å². The first-order chi connectivity index (χ1) is 17.5. The molecule has 0 unspecified atom stereocenters. The second-order valence-corrected chi connectivity index (χ2v) is 10.6. The fraction of sp³-hybridized carbons (Fsp3) is 0.333. The van der Waals surface area contributed by atoms with Crippen molar-refractivity contribution in [1.29, 1.82) is 0 Å². The van der Waals surface area contributed by atoms with Gasteiger partial charge in [-0.05, 0) is 48.5 Å². The Bertz CT molecular complexity index is 1140. The fourth-order valence-electron chi connectivity index (χ4n) is 2.48. The number of amides is 4. The molecule has 204 valence electrons. The van der Waals surface area contributed by atoms with Crippen molar-refractivity contribution < 1.29 is 44.3 Å². The van der Waals surface area contributed by atoms with E-state index >= 15 is 0 Å². The Morgan fingerprint density at radius 2 is 1.00 bits per heavy atom. The second-order valence-electron chi connectivity index (χ2n) is 7.10. The smallest absolute Gasteiger partial charge is 0.320 e. The Morgan fingerprint density at radius 3 is 1.32 bits per heavy atom. The van der Waals surface area contributed by atoms with E-state index in [4.69, 9.17) is 9.47 Å². The van der Waals surface area contributed by atoms with Gasteiger partial charge in [0.25, 0.3) is 20.2 Å². The molecule has 0 saturated heterocycles. The Labute approximate surface area is 214 Å². The molecule has 0 aliphatic carbocycles. The highest BCUT2D eigenvalue weighted by Crippen LogP contribution is 2.17. The van der Waals surface area contributed by atoms with Crippen LogP contribution < -0.4 is 30.7 Å². The minimum absolute atomic E-state index is 0.367. The molecule has 16 heteroatoms. The lowest BCUT2D eigenvalue weighted by atomic mass is 10.3. The van der Waals surface area contributed by atoms with Crippen LogP contribution in [0.4, 0.5) is 21.0 Å². The largest absolute Gasteiger partial charge is 0.493 e. The summed E-state index contributed by atoms with van der Waals surface area (Å²) in [5.41, 5.74) is 0.886. The monoisotopic (exact) mass is 560 g/mol. The van der Waals surface area contributed by atoms with Crippen LogP contribution in [-0.2, 0) is 28.6 Å². The summed E-state index contributed by atoms with van der Waals surface area (Å²) in [5, 5.41) is 9.31. The molecule has 37 heavy (non-hydrogen) atoms. The first-order valence-electron chi connectivity index (χ1n) is 10.6. The summed E-state index contributed by atoms with van der Waals surface area (Å²) >= 11 is 0. The molecule has 4 amide bonds. The normalized spacial score (nSPS) is 11.3. The van der Waals surface area contributed by atoms with Crippen LogP contribution in [-0.4, -0.2) is 68.1 Å². The highest BCUT2D eigenvalue weighted by Gasteiger charge is 2.12. The molecule has 0 aliphatic heterocycles. The van der Waals surface area contributed by atoms with Crippen LogP contribution in [0.1, 0.15) is 6.42 Å². The maximum Gasteiger partial charge on any atom is 0.320 e. The summed E-state index contributed by atoms with van der Waals surface area (Å²) in [6, 6.07) is 11.6. The van der Waals surface area contributed by atoms with Gasteiger partial charge in [-0.3, -0.25) is 8.37 Å². The van der Waals surface area contributed by atoms with Gasteiger partial charge in [0.05, 0.1) is 27.4 Å². The molecule has 2 aromatic rings. The van der Waals surface area contributed by atoms with E-state index in [0.29, 0.717) is 42.5 Å².